The summed E-state index contributed by atoms with van der Waals surface area (Å²) in [5.74, 6) is 0.0502. The highest BCUT2D eigenvalue weighted by molar-refractivity contribution is 6.05. The van der Waals surface area contributed by atoms with Gasteiger partial charge >= 0.3 is 0 Å². The van der Waals surface area contributed by atoms with Crippen molar-refractivity contribution in [2.45, 2.75) is 18.6 Å². The van der Waals surface area contributed by atoms with Gasteiger partial charge in [-0.1, -0.05) is 11.2 Å². The molecule has 11 heteroatoms. The standard InChI is InChI=1S/C21H18FN7O3/c1-23-14-10-15(25-12-5-4-8-29(21(12)31)16-6-2-3-7-24-16)27-18-17(14)28-32-19(18)20(30)26-13-9-11(13)22/h2-8,10-11,13,23H,9H2,1H3,(H,25,27)(H,26,30)/t11-,13?/m1/s1. The van der Waals surface area contributed by atoms with Crippen molar-refractivity contribution in [1.29, 1.82) is 0 Å². The Morgan fingerprint density at radius 1 is 1.22 bits per heavy atom. The minimum atomic E-state index is -1.05. The second-order valence-corrected chi connectivity index (χ2v) is 7.26. The Labute approximate surface area is 180 Å². The summed E-state index contributed by atoms with van der Waals surface area (Å²) in [4.78, 5) is 34.1. The van der Waals surface area contributed by atoms with Gasteiger partial charge < -0.3 is 20.5 Å². The number of hydrogen-bond donors (Lipinski definition) is 3. The zero-order valence-electron chi connectivity index (χ0n) is 16.9. The SMILES string of the molecule is CNc1cc(Nc2cccn(-c3ccccn3)c2=O)nc2c(C(=O)NC3C[C@H]3F)onc12. The average Bonchev–Trinajstić information content (AvgIpc) is 3.32. The molecule has 1 unspecified atom stereocenters. The number of aromatic nitrogens is 4. The first-order chi connectivity index (χ1) is 15.5. The fraction of sp³-hybridized carbons (Fsp3) is 0.190. The molecule has 1 saturated carbocycles. The Bertz CT molecular complexity index is 1370. The van der Waals surface area contributed by atoms with Crippen LogP contribution in [-0.4, -0.2) is 44.9 Å². The Kier molecular flexibility index (Phi) is 4.77. The maximum Gasteiger partial charge on any atom is 0.292 e. The van der Waals surface area contributed by atoms with Gasteiger partial charge in [-0.05, 0) is 24.3 Å². The van der Waals surface area contributed by atoms with Gasteiger partial charge in [0.2, 0.25) is 5.76 Å². The van der Waals surface area contributed by atoms with Gasteiger partial charge in [-0.3, -0.25) is 14.2 Å². The summed E-state index contributed by atoms with van der Waals surface area (Å²) in [7, 11) is 1.68. The minimum Gasteiger partial charge on any atom is -0.386 e. The van der Waals surface area contributed by atoms with E-state index in [-0.39, 0.29) is 28.9 Å². The number of carbonyl (C=O) groups is 1. The fourth-order valence-corrected chi connectivity index (χ4v) is 3.28. The number of alkyl halides is 1. The number of pyridine rings is 3. The fourth-order valence-electron chi connectivity index (χ4n) is 3.28. The van der Waals surface area contributed by atoms with Gasteiger partial charge in [0.25, 0.3) is 11.5 Å². The molecule has 1 amide bonds. The molecule has 0 saturated heterocycles. The third-order valence-electron chi connectivity index (χ3n) is 5.05. The van der Waals surface area contributed by atoms with E-state index in [9.17, 15) is 14.0 Å². The molecular formula is C21H18FN7O3. The zero-order chi connectivity index (χ0) is 22.2. The number of nitrogens with zero attached hydrogens (tertiary/aromatic N) is 4. The molecule has 1 aliphatic rings. The minimum absolute atomic E-state index is 0.127. The van der Waals surface area contributed by atoms with E-state index < -0.39 is 18.1 Å². The highest BCUT2D eigenvalue weighted by Gasteiger charge is 2.39. The third-order valence-corrected chi connectivity index (χ3v) is 5.05. The molecule has 3 N–H and O–H groups in total. The molecule has 2 atom stereocenters. The van der Waals surface area contributed by atoms with Crippen molar-refractivity contribution in [3.63, 3.8) is 0 Å². The Balaban J connectivity index is 1.52. The lowest BCUT2D eigenvalue weighted by atomic mass is 10.2. The van der Waals surface area contributed by atoms with Crippen LogP contribution in [0.25, 0.3) is 16.9 Å². The van der Waals surface area contributed by atoms with Crippen LogP contribution in [0.2, 0.25) is 0 Å². The van der Waals surface area contributed by atoms with Crippen molar-refractivity contribution >= 4 is 34.1 Å². The lowest BCUT2D eigenvalue weighted by molar-refractivity contribution is 0.0912. The van der Waals surface area contributed by atoms with Gasteiger partial charge in [0, 0.05) is 31.9 Å². The quantitative estimate of drug-likeness (QED) is 0.421. The number of fused-ring (bicyclic) bond motifs is 1. The average molecular weight is 435 g/mol. The monoisotopic (exact) mass is 435 g/mol. The highest BCUT2D eigenvalue weighted by atomic mass is 19.1. The van der Waals surface area contributed by atoms with Gasteiger partial charge in [0.15, 0.2) is 5.52 Å². The molecule has 10 nitrogen and oxygen atoms in total. The van der Waals surface area contributed by atoms with E-state index in [4.69, 9.17) is 4.52 Å². The molecule has 0 aliphatic heterocycles. The summed E-state index contributed by atoms with van der Waals surface area (Å²) < 4.78 is 19.8. The zero-order valence-corrected chi connectivity index (χ0v) is 16.9. The van der Waals surface area contributed by atoms with Crippen molar-refractivity contribution in [2.75, 3.05) is 17.7 Å². The lowest BCUT2D eigenvalue weighted by Crippen LogP contribution is -2.27. The van der Waals surface area contributed by atoms with E-state index in [2.05, 4.69) is 31.1 Å². The van der Waals surface area contributed by atoms with Crippen molar-refractivity contribution < 1.29 is 13.7 Å². The predicted molar refractivity (Wildman–Crippen MR) is 115 cm³/mol. The van der Waals surface area contributed by atoms with Gasteiger partial charge in [0.1, 0.15) is 29.0 Å². The van der Waals surface area contributed by atoms with Crippen LogP contribution in [0.1, 0.15) is 17.0 Å². The molecule has 4 aromatic heterocycles. The van der Waals surface area contributed by atoms with Crippen LogP contribution in [0.5, 0.6) is 0 Å². The molecular weight excluding hydrogens is 417 g/mol. The van der Waals surface area contributed by atoms with Gasteiger partial charge in [-0.15, -0.1) is 0 Å². The molecule has 4 heterocycles. The van der Waals surface area contributed by atoms with Crippen LogP contribution >= 0.6 is 0 Å². The first kappa shape index (κ1) is 19.7. The summed E-state index contributed by atoms with van der Waals surface area (Å²) in [6.07, 6.45) is 2.44. The van der Waals surface area contributed by atoms with Crippen molar-refractivity contribution in [2.24, 2.45) is 0 Å². The molecule has 0 aromatic carbocycles. The number of carbonyl (C=O) groups excluding carboxylic acids is 1. The number of amides is 1. The largest absolute Gasteiger partial charge is 0.386 e. The number of hydrogen-bond acceptors (Lipinski definition) is 8. The molecule has 0 bridgehead atoms. The number of halogens is 1. The first-order valence-electron chi connectivity index (χ1n) is 9.88. The van der Waals surface area contributed by atoms with E-state index in [0.717, 1.165) is 0 Å². The van der Waals surface area contributed by atoms with Crippen LogP contribution in [0, 0.1) is 0 Å². The van der Waals surface area contributed by atoms with Crippen LogP contribution in [0.3, 0.4) is 0 Å². The highest BCUT2D eigenvalue weighted by Crippen LogP contribution is 2.29. The van der Waals surface area contributed by atoms with Crippen LogP contribution in [0.4, 0.5) is 21.6 Å². The summed E-state index contributed by atoms with van der Waals surface area (Å²) in [6.45, 7) is 0. The Morgan fingerprint density at radius 3 is 2.78 bits per heavy atom. The number of rotatable bonds is 6. The van der Waals surface area contributed by atoms with E-state index in [0.29, 0.717) is 22.8 Å². The molecule has 4 aromatic rings. The first-order valence-corrected chi connectivity index (χ1v) is 9.88. The van der Waals surface area contributed by atoms with E-state index in [1.807, 2.05) is 0 Å². The van der Waals surface area contributed by atoms with Gasteiger partial charge in [-0.25, -0.2) is 14.4 Å². The Morgan fingerprint density at radius 2 is 2.06 bits per heavy atom. The summed E-state index contributed by atoms with van der Waals surface area (Å²) >= 11 is 0. The molecule has 1 aliphatic carbocycles. The van der Waals surface area contributed by atoms with Crippen molar-refractivity contribution in [1.82, 2.24) is 25.0 Å². The van der Waals surface area contributed by atoms with Gasteiger partial charge in [-0.2, -0.15) is 0 Å². The summed E-state index contributed by atoms with van der Waals surface area (Å²) in [5, 5.41) is 12.4. The van der Waals surface area contributed by atoms with Crippen LogP contribution in [-0.2, 0) is 0 Å². The second-order valence-electron chi connectivity index (χ2n) is 7.26. The van der Waals surface area contributed by atoms with E-state index in [1.54, 1.807) is 55.8 Å². The van der Waals surface area contributed by atoms with Gasteiger partial charge in [0.05, 0.1) is 11.7 Å². The molecule has 32 heavy (non-hydrogen) atoms. The maximum atomic E-state index is 13.2. The smallest absolute Gasteiger partial charge is 0.292 e. The molecule has 0 spiro atoms. The van der Waals surface area contributed by atoms with Crippen LogP contribution in [0.15, 0.2) is 58.1 Å². The molecule has 1 fully saturated rings. The molecule has 5 rings (SSSR count). The van der Waals surface area contributed by atoms with Crippen molar-refractivity contribution in [3.8, 4) is 5.82 Å². The van der Waals surface area contributed by atoms with Crippen LogP contribution < -0.4 is 21.5 Å². The van der Waals surface area contributed by atoms with E-state index in [1.165, 1.54) is 4.57 Å². The summed E-state index contributed by atoms with van der Waals surface area (Å²) in [5.41, 5.74) is 0.998. The maximum absolute atomic E-state index is 13.2. The molecule has 162 valence electrons. The topological polar surface area (TPSA) is 127 Å². The number of nitrogens with one attached hydrogen (secondary N) is 3. The lowest BCUT2D eigenvalue weighted by Gasteiger charge is -2.10. The summed E-state index contributed by atoms with van der Waals surface area (Å²) in [6, 6.07) is 9.70. The predicted octanol–water partition coefficient (Wildman–Crippen LogP) is 2.39. The third kappa shape index (κ3) is 3.53. The molecule has 0 radical (unpaired) electrons. The normalized spacial score (nSPS) is 17.2. The Hall–Kier alpha value is -4.28. The number of anilines is 3. The van der Waals surface area contributed by atoms with Crippen molar-refractivity contribution in [3.05, 3.63) is 64.9 Å². The van der Waals surface area contributed by atoms with E-state index >= 15 is 0 Å². The second kappa shape index (κ2) is 7.76.